The number of nitrogens with one attached hydrogen (secondary N) is 1. The molecule has 7 heteroatoms. The van der Waals surface area contributed by atoms with Gasteiger partial charge in [-0.3, -0.25) is 9.59 Å². The van der Waals surface area contributed by atoms with E-state index in [0.717, 1.165) is 12.0 Å². The number of hydrogen-bond donors (Lipinski definition) is 1. The first-order valence-corrected chi connectivity index (χ1v) is 11.9. The van der Waals surface area contributed by atoms with Gasteiger partial charge in [-0.25, -0.2) is 0 Å². The van der Waals surface area contributed by atoms with Gasteiger partial charge in [0.25, 0.3) is 11.5 Å². The van der Waals surface area contributed by atoms with Gasteiger partial charge in [-0.15, -0.1) is 0 Å². The Morgan fingerprint density at radius 2 is 1.96 bits per heavy atom. The smallest absolute Gasteiger partial charge is 0.270 e. The fraction of sp³-hybridized carbons (Fsp3) is 0.647. The predicted molar refractivity (Wildman–Crippen MR) is 104 cm³/mol. The Morgan fingerprint density at radius 1 is 1.38 bits per heavy atom. The average Bonchev–Trinajstić information content (AvgIpc) is 2.45. The number of H-pyrrole nitrogens is 1. The van der Waals surface area contributed by atoms with Crippen molar-refractivity contribution in [3.05, 3.63) is 32.2 Å². The molecule has 0 atom stereocenters. The van der Waals surface area contributed by atoms with Gasteiger partial charge in [0.15, 0.2) is 8.32 Å². The number of rotatable bonds is 6. The summed E-state index contributed by atoms with van der Waals surface area (Å²) in [4.78, 5) is 28.5. The zero-order valence-corrected chi connectivity index (χ0v) is 18.3. The number of hydrogen-bond acceptors (Lipinski definition) is 3. The molecule has 0 aliphatic heterocycles. The van der Waals surface area contributed by atoms with Crippen LogP contribution in [0.2, 0.25) is 18.1 Å². The highest BCUT2D eigenvalue weighted by Gasteiger charge is 2.36. The van der Waals surface area contributed by atoms with Crippen LogP contribution in [0.1, 0.15) is 43.2 Å². The standard InChI is InChI=1S/C17H29BrN2O3Si/c1-12-11-13(18)15(21)19-14(12)16(22)20(5)9-8-10-23-24(6,7)17(2,3)4/h11H,8-10H2,1-7H3,(H,19,21). The third-order valence-electron chi connectivity index (χ3n) is 4.66. The van der Waals surface area contributed by atoms with Gasteiger partial charge in [-0.05, 0) is 59.0 Å². The van der Waals surface area contributed by atoms with Gasteiger partial charge in [-0.1, -0.05) is 20.8 Å². The molecular formula is C17H29BrN2O3Si. The maximum absolute atomic E-state index is 12.5. The molecule has 0 fully saturated rings. The summed E-state index contributed by atoms with van der Waals surface area (Å²) < 4.78 is 6.56. The Balaban J connectivity index is 2.60. The lowest BCUT2D eigenvalue weighted by Crippen LogP contribution is -2.41. The number of carbonyl (C=O) groups excluding carboxylic acids is 1. The quantitative estimate of drug-likeness (QED) is 0.564. The molecule has 0 unspecified atom stereocenters. The largest absolute Gasteiger partial charge is 0.417 e. The molecule has 1 aromatic rings. The van der Waals surface area contributed by atoms with E-state index in [4.69, 9.17) is 4.43 Å². The Kier molecular flexibility index (Phi) is 7.01. The molecule has 0 radical (unpaired) electrons. The molecule has 0 saturated heterocycles. The average molecular weight is 417 g/mol. The van der Waals surface area contributed by atoms with Crippen LogP contribution in [0.3, 0.4) is 0 Å². The van der Waals surface area contributed by atoms with E-state index in [1.54, 1.807) is 18.0 Å². The van der Waals surface area contributed by atoms with Crippen LogP contribution in [0, 0.1) is 6.92 Å². The van der Waals surface area contributed by atoms with Crippen LogP contribution < -0.4 is 5.56 Å². The van der Waals surface area contributed by atoms with Crippen molar-refractivity contribution in [2.24, 2.45) is 0 Å². The van der Waals surface area contributed by atoms with Crippen molar-refractivity contribution in [2.45, 2.75) is 52.2 Å². The van der Waals surface area contributed by atoms with Crippen molar-refractivity contribution >= 4 is 30.2 Å². The zero-order valence-electron chi connectivity index (χ0n) is 15.7. The summed E-state index contributed by atoms with van der Waals surface area (Å²) in [6.07, 6.45) is 0.772. The summed E-state index contributed by atoms with van der Waals surface area (Å²) in [5.41, 5.74) is 0.797. The molecule has 0 spiro atoms. The minimum atomic E-state index is -1.75. The lowest BCUT2D eigenvalue weighted by molar-refractivity contribution is 0.0780. The van der Waals surface area contributed by atoms with Crippen LogP contribution in [-0.2, 0) is 4.43 Å². The van der Waals surface area contributed by atoms with E-state index in [9.17, 15) is 9.59 Å². The third-order valence-corrected chi connectivity index (χ3v) is 9.79. The molecule has 0 aliphatic carbocycles. The molecule has 5 nitrogen and oxygen atoms in total. The Morgan fingerprint density at radius 3 is 2.50 bits per heavy atom. The summed E-state index contributed by atoms with van der Waals surface area (Å²) in [7, 11) is -0.00238. The van der Waals surface area contributed by atoms with E-state index in [-0.39, 0.29) is 16.5 Å². The maximum Gasteiger partial charge on any atom is 0.270 e. The van der Waals surface area contributed by atoms with Crippen molar-refractivity contribution in [3.63, 3.8) is 0 Å². The normalized spacial score (nSPS) is 12.3. The van der Waals surface area contributed by atoms with Gasteiger partial charge in [-0.2, -0.15) is 0 Å². The predicted octanol–water partition coefficient (Wildman–Crippen LogP) is 3.93. The first-order chi connectivity index (χ1) is 10.9. The minimum Gasteiger partial charge on any atom is -0.417 e. The lowest BCUT2D eigenvalue weighted by atomic mass is 10.2. The minimum absolute atomic E-state index is 0.176. The number of aromatic amines is 1. The number of amides is 1. The Bertz CT molecular complexity index is 650. The Hall–Kier alpha value is -0.923. The fourth-order valence-electron chi connectivity index (χ4n) is 1.96. The fourth-order valence-corrected chi connectivity index (χ4v) is 3.49. The topological polar surface area (TPSA) is 62.4 Å². The molecule has 136 valence electrons. The summed E-state index contributed by atoms with van der Waals surface area (Å²) in [6.45, 7) is 14.1. The van der Waals surface area contributed by atoms with Crippen LogP contribution in [0.4, 0.5) is 0 Å². The molecular weight excluding hydrogens is 388 g/mol. The van der Waals surface area contributed by atoms with Crippen LogP contribution in [0.25, 0.3) is 0 Å². The van der Waals surface area contributed by atoms with Crippen molar-refractivity contribution in [1.29, 1.82) is 0 Å². The van der Waals surface area contributed by atoms with Crippen molar-refractivity contribution < 1.29 is 9.22 Å². The molecule has 1 amide bonds. The van der Waals surface area contributed by atoms with Crippen LogP contribution in [-0.4, -0.2) is 44.3 Å². The summed E-state index contributed by atoms with van der Waals surface area (Å²) in [6, 6.07) is 1.67. The van der Waals surface area contributed by atoms with E-state index in [2.05, 4.69) is 54.8 Å². The van der Waals surface area contributed by atoms with Gasteiger partial charge < -0.3 is 14.3 Å². The number of pyridine rings is 1. The molecule has 1 rings (SSSR count). The monoisotopic (exact) mass is 416 g/mol. The second-order valence-electron chi connectivity index (χ2n) is 7.69. The molecule has 1 N–H and O–H groups in total. The number of aryl methyl sites for hydroxylation is 1. The molecule has 0 saturated carbocycles. The first-order valence-electron chi connectivity index (χ1n) is 8.15. The molecule has 1 aromatic heterocycles. The van der Waals surface area contributed by atoms with Crippen LogP contribution in [0.15, 0.2) is 15.3 Å². The van der Waals surface area contributed by atoms with E-state index >= 15 is 0 Å². The lowest BCUT2D eigenvalue weighted by Gasteiger charge is -2.36. The van der Waals surface area contributed by atoms with Gasteiger partial charge in [0.2, 0.25) is 0 Å². The van der Waals surface area contributed by atoms with Crippen LogP contribution >= 0.6 is 15.9 Å². The third kappa shape index (κ3) is 5.29. The van der Waals surface area contributed by atoms with Crippen LogP contribution in [0.5, 0.6) is 0 Å². The van der Waals surface area contributed by atoms with E-state index < -0.39 is 8.32 Å². The van der Waals surface area contributed by atoms with Gasteiger partial charge >= 0.3 is 0 Å². The van der Waals surface area contributed by atoms with E-state index in [1.807, 2.05) is 6.92 Å². The maximum atomic E-state index is 12.5. The number of nitrogens with zero attached hydrogens (tertiary/aromatic N) is 1. The van der Waals surface area contributed by atoms with Crippen molar-refractivity contribution in [3.8, 4) is 0 Å². The molecule has 0 aromatic carbocycles. The van der Waals surface area contributed by atoms with E-state index in [1.165, 1.54) is 0 Å². The summed E-state index contributed by atoms with van der Waals surface area (Å²) in [5, 5.41) is 0.183. The van der Waals surface area contributed by atoms with Gasteiger partial charge in [0.1, 0.15) is 5.69 Å². The summed E-state index contributed by atoms with van der Waals surface area (Å²) >= 11 is 3.17. The second kappa shape index (κ2) is 7.97. The molecule has 0 aliphatic rings. The Labute approximate surface area is 154 Å². The molecule has 24 heavy (non-hydrogen) atoms. The zero-order chi connectivity index (χ0) is 18.7. The second-order valence-corrected chi connectivity index (χ2v) is 13.4. The number of halogens is 1. The highest BCUT2D eigenvalue weighted by atomic mass is 79.9. The van der Waals surface area contributed by atoms with Gasteiger partial charge in [0.05, 0.1) is 4.47 Å². The first kappa shape index (κ1) is 21.1. The van der Waals surface area contributed by atoms with Crippen molar-refractivity contribution in [1.82, 2.24) is 9.88 Å². The SMILES string of the molecule is Cc1cc(Br)c(=O)[nH]c1C(=O)N(C)CCCO[Si](C)(C)C(C)(C)C. The van der Waals surface area contributed by atoms with E-state index in [0.29, 0.717) is 23.3 Å². The molecule has 0 bridgehead atoms. The van der Waals surface area contributed by atoms with Gasteiger partial charge in [0, 0.05) is 20.2 Å². The summed E-state index contributed by atoms with van der Waals surface area (Å²) in [5.74, 6) is -0.176. The van der Waals surface area contributed by atoms with Crippen molar-refractivity contribution in [2.75, 3.05) is 20.2 Å². The highest BCUT2D eigenvalue weighted by molar-refractivity contribution is 9.10. The molecule has 1 heterocycles. The highest BCUT2D eigenvalue weighted by Crippen LogP contribution is 2.36. The number of aromatic nitrogens is 1. The number of carbonyl (C=O) groups is 1.